The largest absolute Gasteiger partial charge is 0.355 e. The average Bonchev–Trinajstić information content (AvgIpc) is 2.99. The summed E-state index contributed by atoms with van der Waals surface area (Å²) in [5, 5.41) is 14.9. The number of hydrogen-bond acceptors (Lipinski definition) is 3. The Morgan fingerprint density at radius 2 is 1.96 bits per heavy atom. The Hall–Kier alpha value is -2.37. The second kappa shape index (κ2) is 8.47. The van der Waals surface area contributed by atoms with Crippen molar-refractivity contribution in [3.63, 3.8) is 0 Å². The molecular formula is C18H28N6. The molecule has 0 fully saturated rings. The number of aliphatic imine (C=N–C) groups is 1. The monoisotopic (exact) mass is 328 g/mol. The van der Waals surface area contributed by atoms with E-state index in [-0.39, 0.29) is 5.54 Å². The van der Waals surface area contributed by atoms with Crippen LogP contribution in [0, 0.1) is 0 Å². The molecule has 2 rings (SSSR count). The van der Waals surface area contributed by atoms with Gasteiger partial charge in [-0.15, -0.1) is 10.2 Å². The van der Waals surface area contributed by atoms with Crippen LogP contribution in [-0.2, 0) is 19.5 Å². The molecular weight excluding hydrogens is 300 g/mol. The summed E-state index contributed by atoms with van der Waals surface area (Å²) >= 11 is 0. The molecule has 0 aliphatic rings. The molecule has 24 heavy (non-hydrogen) atoms. The molecule has 0 saturated heterocycles. The van der Waals surface area contributed by atoms with E-state index in [4.69, 9.17) is 4.99 Å². The summed E-state index contributed by atoms with van der Waals surface area (Å²) < 4.78 is 2.07. The minimum atomic E-state index is -0.0480. The summed E-state index contributed by atoms with van der Waals surface area (Å²) in [6.07, 6.45) is 2.66. The SMILES string of the molecule is CCc1nncn1CCNC(=NCc1ccccc1)NC(C)(C)C. The van der Waals surface area contributed by atoms with Crippen LogP contribution >= 0.6 is 0 Å². The van der Waals surface area contributed by atoms with E-state index in [1.165, 1.54) is 5.56 Å². The Kier molecular flexibility index (Phi) is 6.35. The fourth-order valence-electron chi connectivity index (χ4n) is 2.28. The molecule has 6 heteroatoms. The van der Waals surface area contributed by atoms with Crippen molar-refractivity contribution in [2.45, 2.75) is 52.7 Å². The number of nitrogens with one attached hydrogen (secondary N) is 2. The summed E-state index contributed by atoms with van der Waals surface area (Å²) in [5.74, 6) is 1.82. The van der Waals surface area contributed by atoms with E-state index in [2.05, 4.69) is 65.2 Å². The smallest absolute Gasteiger partial charge is 0.192 e. The topological polar surface area (TPSA) is 67.1 Å². The first kappa shape index (κ1) is 18.0. The fourth-order valence-corrected chi connectivity index (χ4v) is 2.28. The number of benzene rings is 1. The second-order valence-electron chi connectivity index (χ2n) is 6.75. The third-order valence-electron chi connectivity index (χ3n) is 3.41. The van der Waals surface area contributed by atoms with Gasteiger partial charge in [0.25, 0.3) is 0 Å². The quantitative estimate of drug-likeness (QED) is 0.631. The van der Waals surface area contributed by atoms with Gasteiger partial charge in [0.15, 0.2) is 5.96 Å². The van der Waals surface area contributed by atoms with Crippen LogP contribution < -0.4 is 10.6 Å². The fraction of sp³-hybridized carbons (Fsp3) is 0.500. The molecule has 1 heterocycles. The molecule has 0 atom stereocenters. The molecule has 2 aromatic rings. The summed E-state index contributed by atoms with van der Waals surface area (Å²) in [5.41, 5.74) is 1.15. The highest BCUT2D eigenvalue weighted by atomic mass is 15.3. The van der Waals surface area contributed by atoms with E-state index in [0.717, 1.165) is 31.3 Å². The first-order valence-electron chi connectivity index (χ1n) is 8.45. The molecule has 0 saturated carbocycles. The van der Waals surface area contributed by atoms with Gasteiger partial charge < -0.3 is 15.2 Å². The van der Waals surface area contributed by atoms with Gasteiger partial charge in [0.05, 0.1) is 6.54 Å². The van der Waals surface area contributed by atoms with E-state index >= 15 is 0 Å². The molecule has 6 nitrogen and oxygen atoms in total. The van der Waals surface area contributed by atoms with Crippen LogP contribution in [0.25, 0.3) is 0 Å². The van der Waals surface area contributed by atoms with Crippen LogP contribution in [0.3, 0.4) is 0 Å². The van der Waals surface area contributed by atoms with E-state index in [9.17, 15) is 0 Å². The van der Waals surface area contributed by atoms with Crippen molar-refractivity contribution in [1.82, 2.24) is 25.4 Å². The van der Waals surface area contributed by atoms with Gasteiger partial charge in [-0.05, 0) is 26.3 Å². The van der Waals surface area contributed by atoms with Crippen molar-refractivity contribution in [2.24, 2.45) is 4.99 Å². The lowest BCUT2D eigenvalue weighted by Gasteiger charge is -2.24. The van der Waals surface area contributed by atoms with Gasteiger partial charge in [-0.2, -0.15) is 0 Å². The maximum atomic E-state index is 4.69. The number of aromatic nitrogens is 3. The molecule has 0 aliphatic heterocycles. The Labute approximate surface area is 144 Å². The van der Waals surface area contributed by atoms with Crippen LogP contribution in [0.5, 0.6) is 0 Å². The molecule has 0 bridgehead atoms. The molecule has 0 aliphatic carbocycles. The van der Waals surface area contributed by atoms with Gasteiger partial charge in [-0.25, -0.2) is 4.99 Å². The van der Waals surface area contributed by atoms with Crippen LogP contribution in [-0.4, -0.2) is 32.8 Å². The third kappa shape index (κ3) is 6.02. The van der Waals surface area contributed by atoms with Crippen LogP contribution in [0.4, 0.5) is 0 Å². The molecule has 0 radical (unpaired) electrons. The van der Waals surface area contributed by atoms with Gasteiger partial charge in [0, 0.05) is 25.0 Å². The van der Waals surface area contributed by atoms with Crippen LogP contribution in [0.1, 0.15) is 39.1 Å². The number of hydrogen-bond donors (Lipinski definition) is 2. The molecule has 130 valence electrons. The zero-order valence-corrected chi connectivity index (χ0v) is 15.1. The first-order valence-corrected chi connectivity index (χ1v) is 8.45. The van der Waals surface area contributed by atoms with E-state index in [1.54, 1.807) is 6.33 Å². The second-order valence-corrected chi connectivity index (χ2v) is 6.75. The first-order chi connectivity index (χ1) is 11.5. The maximum Gasteiger partial charge on any atom is 0.192 e. The average molecular weight is 328 g/mol. The Balaban J connectivity index is 1.95. The molecule has 1 aromatic heterocycles. The Bertz CT molecular complexity index is 639. The summed E-state index contributed by atoms with van der Waals surface area (Å²) in [4.78, 5) is 4.69. The maximum absolute atomic E-state index is 4.69. The van der Waals surface area contributed by atoms with Crippen molar-refractivity contribution in [3.05, 3.63) is 48.0 Å². The Morgan fingerprint density at radius 1 is 1.21 bits per heavy atom. The number of aryl methyl sites for hydroxylation is 1. The van der Waals surface area contributed by atoms with Crippen molar-refractivity contribution < 1.29 is 0 Å². The highest BCUT2D eigenvalue weighted by Gasteiger charge is 2.12. The number of rotatable bonds is 6. The number of guanidine groups is 1. The summed E-state index contributed by atoms with van der Waals surface area (Å²) in [6.45, 7) is 10.7. The zero-order valence-electron chi connectivity index (χ0n) is 15.1. The normalized spacial score (nSPS) is 12.2. The van der Waals surface area contributed by atoms with Crippen molar-refractivity contribution >= 4 is 5.96 Å². The standard InChI is InChI=1S/C18H28N6/c1-5-16-23-21-14-24(16)12-11-19-17(22-18(2,3)4)20-13-15-9-7-6-8-10-15/h6-10,14H,5,11-13H2,1-4H3,(H2,19,20,22). The lowest BCUT2D eigenvalue weighted by Crippen LogP contribution is -2.48. The van der Waals surface area contributed by atoms with Crippen LogP contribution in [0.15, 0.2) is 41.7 Å². The van der Waals surface area contributed by atoms with E-state index < -0.39 is 0 Å². The van der Waals surface area contributed by atoms with E-state index in [0.29, 0.717) is 6.54 Å². The van der Waals surface area contributed by atoms with Crippen molar-refractivity contribution in [1.29, 1.82) is 0 Å². The lowest BCUT2D eigenvalue weighted by atomic mass is 10.1. The van der Waals surface area contributed by atoms with Crippen LogP contribution in [0.2, 0.25) is 0 Å². The Morgan fingerprint density at radius 3 is 2.62 bits per heavy atom. The highest BCUT2D eigenvalue weighted by Crippen LogP contribution is 2.02. The minimum Gasteiger partial charge on any atom is -0.355 e. The molecule has 0 amide bonds. The van der Waals surface area contributed by atoms with Crippen molar-refractivity contribution in [3.8, 4) is 0 Å². The molecule has 2 N–H and O–H groups in total. The molecule has 1 aromatic carbocycles. The highest BCUT2D eigenvalue weighted by molar-refractivity contribution is 5.80. The predicted molar refractivity (Wildman–Crippen MR) is 97.9 cm³/mol. The van der Waals surface area contributed by atoms with Gasteiger partial charge >= 0.3 is 0 Å². The van der Waals surface area contributed by atoms with Gasteiger partial charge in [-0.1, -0.05) is 37.3 Å². The lowest BCUT2D eigenvalue weighted by molar-refractivity contribution is 0.497. The molecule has 0 unspecified atom stereocenters. The van der Waals surface area contributed by atoms with E-state index in [1.807, 2.05) is 18.2 Å². The number of nitrogens with zero attached hydrogens (tertiary/aromatic N) is 4. The minimum absolute atomic E-state index is 0.0480. The van der Waals surface area contributed by atoms with Gasteiger partial charge in [0.2, 0.25) is 0 Å². The van der Waals surface area contributed by atoms with Gasteiger partial charge in [0.1, 0.15) is 12.2 Å². The summed E-state index contributed by atoms with van der Waals surface area (Å²) in [6, 6.07) is 10.3. The van der Waals surface area contributed by atoms with Crippen molar-refractivity contribution in [2.75, 3.05) is 6.54 Å². The summed E-state index contributed by atoms with van der Waals surface area (Å²) in [7, 11) is 0. The third-order valence-corrected chi connectivity index (χ3v) is 3.41. The predicted octanol–water partition coefficient (Wildman–Crippen LogP) is 2.37. The van der Waals surface area contributed by atoms with Gasteiger partial charge in [-0.3, -0.25) is 0 Å². The molecule has 0 spiro atoms. The zero-order chi connectivity index (χ0) is 17.4.